The quantitative estimate of drug-likeness (QED) is 0.614. The van der Waals surface area contributed by atoms with Crippen LogP contribution in [0.5, 0.6) is 34.5 Å². The number of halogens is 1. The Morgan fingerprint density at radius 3 is 1.30 bits per heavy atom. The zero-order chi connectivity index (χ0) is 22.8. The van der Waals surface area contributed by atoms with Gasteiger partial charge in [-0.25, -0.2) is 4.79 Å². The third kappa shape index (κ3) is 5.38. The van der Waals surface area contributed by atoms with Crippen molar-refractivity contribution < 1.29 is 43.1 Å². The van der Waals surface area contributed by atoms with Gasteiger partial charge in [-0.05, 0) is 35.9 Å². The number of carbonyl (C=O) groups is 2. The molecule has 1 N–H and O–H groups in total. The number of carbonyl (C=O) groups excluding carboxylic acids is 1. The van der Waals surface area contributed by atoms with Gasteiger partial charge in [-0.1, -0.05) is 0 Å². The van der Waals surface area contributed by atoms with Gasteiger partial charge in [-0.2, -0.15) is 0 Å². The molecule has 2 aromatic rings. The van der Waals surface area contributed by atoms with Crippen molar-refractivity contribution in [2.45, 2.75) is 0 Å². The first-order valence-corrected chi connectivity index (χ1v) is 8.69. The summed E-state index contributed by atoms with van der Waals surface area (Å²) in [5.41, 5.74) is 0.284. The van der Waals surface area contributed by atoms with Gasteiger partial charge in [0.15, 0.2) is 23.0 Å². The Bertz CT molecular complexity index is 823. The fourth-order valence-electron chi connectivity index (χ4n) is 2.53. The molecule has 0 aliphatic rings. The molecule has 2 aromatic carbocycles. The number of rotatable bonds is 8. The minimum Gasteiger partial charge on any atom is -0.493 e. The maximum Gasteiger partial charge on any atom is 0.339 e. The average molecular weight is 443 g/mol. The van der Waals surface area contributed by atoms with Crippen molar-refractivity contribution in [3.63, 3.8) is 0 Å². The number of methoxy groups -OCH3 is 6. The normalized spacial score (nSPS) is 9.57. The second-order valence-electron chi connectivity index (χ2n) is 5.34. The highest BCUT2D eigenvalue weighted by atomic mass is 35.5. The Morgan fingerprint density at radius 1 is 0.633 bits per heavy atom. The van der Waals surface area contributed by atoms with E-state index in [-0.39, 0.29) is 28.4 Å². The molecule has 10 heteroatoms. The van der Waals surface area contributed by atoms with Crippen LogP contribution < -0.4 is 28.4 Å². The van der Waals surface area contributed by atoms with Crippen molar-refractivity contribution in [1.29, 1.82) is 0 Å². The van der Waals surface area contributed by atoms with Crippen LogP contribution in [-0.4, -0.2) is 59.0 Å². The molecule has 0 radical (unpaired) electrons. The average Bonchev–Trinajstić information content (AvgIpc) is 2.76. The molecule has 0 amide bonds. The number of ether oxygens (including phenoxy) is 6. The van der Waals surface area contributed by atoms with E-state index in [1.54, 1.807) is 6.07 Å². The van der Waals surface area contributed by atoms with Crippen molar-refractivity contribution in [2.24, 2.45) is 0 Å². The minimum absolute atomic E-state index is 0.0372. The van der Waals surface area contributed by atoms with Crippen molar-refractivity contribution >= 4 is 22.8 Å². The molecule has 0 spiro atoms. The third-order valence-electron chi connectivity index (χ3n) is 3.85. The molecule has 0 aromatic heterocycles. The zero-order valence-corrected chi connectivity index (χ0v) is 18.2. The van der Waals surface area contributed by atoms with Crippen LogP contribution in [0, 0.1) is 0 Å². The number of hydrogen-bond donors (Lipinski definition) is 1. The van der Waals surface area contributed by atoms with E-state index in [2.05, 4.69) is 0 Å². The summed E-state index contributed by atoms with van der Waals surface area (Å²) < 4.78 is 30.2. The summed E-state index contributed by atoms with van der Waals surface area (Å²) in [6.45, 7) is 0. The summed E-state index contributed by atoms with van der Waals surface area (Å²) in [7, 11) is 8.66. The van der Waals surface area contributed by atoms with Crippen LogP contribution in [0.25, 0.3) is 0 Å². The lowest BCUT2D eigenvalue weighted by Gasteiger charge is -2.13. The monoisotopic (exact) mass is 442 g/mol. The number of aromatic carboxylic acids is 1. The second kappa shape index (κ2) is 11.6. The Kier molecular flexibility index (Phi) is 9.57. The van der Waals surface area contributed by atoms with E-state index < -0.39 is 11.2 Å². The molecule has 2 rings (SSSR count). The van der Waals surface area contributed by atoms with E-state index in [4.69, 9.17) is 45.1 Å². The Balaban J connectivity index is 0.000000300. The third-order valence-corrected chi connectivity index (χ3v) is 4.05. The topological polar surface area (TPSA) is 110 Å². The van der Waals surface area contributed by atoms with Crippen LogP contribution in [0.1, 0.15) is 20.7 Å². The molecule has 0 fully saturated rings. The smallest absolute Gasteiger partial charge is 0.339 e. The van der Waals surface area contributed by atoms with E-state index in [0.717, 1.165) is 0 Å². The van der Waals surface area contributed by atoms with E-state index in [9.17, 15) is 9.59 Å². The molecular formula is C20H23ClO9. The highest BCUT2D eigenvalue weighted by molar-refractivity contribution is 6.68. The standard InChI is InChI=1S/C10H11ClO4.C10H12O5/c2*1-13-7-5-4-6(10(11)12)8(14-2)9(7)15-3/h4-5H,1-3H3;4-5H,1-3H3,(H,11,12). The van der Waals surface area contributed by atoms with E-state index >= 15 is 0 Å². The molecule has 0 unspecified atom stereocenters. The van der Waals surface area contributed by atoms with Crippen LogP contribution in [0.2, 0.25) is 0 Å². The molecule has 0 atom stereocenters. The van der Waals surface area contributed by atoms with Gasteiger partial charge in [0.1, 0.15) is 5.56 Å². The fourth-order valence-corrected chi connectivity index (χ4v) is 2.67. The Labute approximate surface area is 179 Å². The van der Waals surface area contributed by atoms with Gasteiger partial charge in [0.2, 0.25) is 11.5 Å². The predicted molar refractivity (Wildman–Crippen MR) is 109 cm³/mol. The fraction of sp³-hybridized carbons (Fsp3) is 0.300. The van der Waals surface area contributed by atoms with Crippen LogP contribution in [0.15, 0.2) is 24.3 Å². The SMILES string of the molecule is COc1ccc(C(=O)Cl)c(OC)c1OC.COc1ccc(C(=O)O)c(OC)c1OC. The minimum atomic E-state index is -1.08. The first-order chi connectivity index (χ1) is 14.3. The Morgan fingerprint density at radius 2 is 1.00 bits per heavy atom. The zero-order valence-electron chi connectivity index (χ0n) is 17.4. The van der Waals surface area contributed by atoms with Gasteiger partial charge >= 0.3 is 5.97 Å². The predicted octanol–water partition coefficient (Wildman–Crippen LogP) is 3.50. The molecule has 164 valence electrons. The molecule has 9 nitrogen and oxygen atoms in total. The molecule has 0 bridgehead atoms. The van der Waals surface area contributed by atoms with Crippen LogP contribution >= 0.6 is 11.6 Å². The van der Waals surface area contributed by atoms with Gasteiger partial charge in [0.05, 0.1) is 48.2 Å². The van der Waals surface area contributed by atoms with Gasteiger partial charge in [0, 0.05) is 0 Å². The van der Waals surface area contributed by atoms with Crippen LogP contribution in [0.3, 0.4) is 0 Å². The summed E-state index contributed by atoms with van der Waals surface area (Å²) in [4.78, 5) is 22.0. The molecule has 0 saturated heterocycles. The summed E-state index contributed by atoms with van der Waals surface area (Å²) in [5.74, 6) is 0.899. The molecular weight excluding hydrogens is 420 g/mol. The lowest BCUT2D eigenvalue weighted by molar-refractivity contribution is 0.0692. The molecule has 30 heavy (non-hydrogen) atoms. The van der Waals surface area contributed by atoms with Gasteiger partial charge in [-0.3, -0.25) is 4.79 Å². The van der Waals surface area contributed by atoms with Crippen molar-refractivity contribution in [3.8, 4) is 34.5 Å². The lowest BCUT2D eigenvalue weighted by atomic mass is 10.1. The Hall–Kier alpha value is -3.33. The van der Waals surface area contributed by atoms with Gasteiger partial charge < -0.3 is 33.5 Å². The second-order valence-corrected chi connectivity index (χ2v) is 5.69. The summed E-state index contributed by atoms with van der Waals surface area (Å²) in [6.07, 6.45) is 0. The first kappa shape index (κ1) is 24.7. The van der Waals surface area contributed by atoms with Crippen molar-refractivity contribution in [1.82, 2.24) is 0 Å². The summed E-state index contributed by atoms with van der Waals surface area (Å²) in [5, 5.41) is 8.30. The molecule has 0 aliphatic carbocycles. The molecule has 0 aliphatic heterocycles. The first-order valence-electron chi connectivity index (χ1n) is 8.32. The van der Waals surface area contributed by atoms with Gasteiger partial charge in [-0.15, -0.1) is 0 Å². The number of carboxylic acid groups (broad SMARTS) is 1. The number of hydrogen-bond acceptors (Lipinski definition) is 8. The lowest BCUT2D eigenvalue weighted by Crippen LogP contribution is -2.03. The van der Waals surface area contributed by atoms with E-state index in [0.29, 0.717) is 17.2 Å². The number of carboxylic acids is 1. The molecule has 0 heterocycles. The van der Waals surface area contributed by atoms with E-state index in [1.165, 1.54) is 60.9 Å². The summed E-state index contributed by atoms with van der Waals surface area (Å²) >= 11 is 5.40. The van der Waals surface area contributed by atoms with Crippen LogP contribution in [0.4, 0.5) is 0 Å². The highest BCUT2D eigenvalue weighted by Crippen LogP contribution is 2.40. The maximum atomic E-state index is 11.1. The maximum absolute atomic E-state index is 11.1. The van der Waals surface area contributed by atoms with E-state index in [1.807, 2.05) is 0 Å². The largest absolute Gasteiger partial charge is 0.493 e. The highest BCUT2D eigenvalue weighted by Gasteiger charge is 2.20. The number of benzene rings is 2. The van der Waals surface area contributed by atoms with Gasteiger partial charge in [0.25, 0.3) is 5.24 Å². The van der Waals surface area contributed by atoms with Crippen LogP contribution in [-0.2, 0) is 0 Å². The van der Waals surface area contributed by atoms with Crippen molar-refractivity contribution in [3.05, 3.63) is 35.4 Å². The van der Waals surface area contributed by atoms with Crippen molar-refractivity contribution in [2.75, 3.05) is 42.7 Å². The summed E-state index contributed by atoms with van der Waals surface area (Å²) in [6, 6.07) is 6.04. The molecule has 0 saturated carbocycles.